The Bertz CT molecular complexity index is 1270. The van der Waals surface area contributed by atoms with Crippen molar-refractivity contribution in [3.63, 3.8) is 0 Å². The first-order valence-corrected chi connectivity index (χ1v) is 14.0. The van der Waals surface area contributed by atoms with Crippen molar-refractivity contribution in [1.29, 1.82) is 0 Å². The number of nitrogens with zero attached hydrogens (tertiary/aromatic N) is 2. The molecule has 2 amide bonds. The number of ether oxygens (including phenoxy) is 1. The van der Waals surface area contributed by atoms with Crippen molar-refractivity contribution in [2.75, 3.05) is 43.5 Å². The summed E-state index contributed by atoms with van der Waals surface area (Å²) >= 11 is 0. The molecule has 0 aromatic heterocycles. The van der Waals surface area contributed by atoms with E-state index in [2.05, 4.69) is 44.7 Å². The number of hydrogen-bond acceptors (Lipinski definition) is 5. The lowest BCUT2D eigenvalue weighted by atomic mass is 9.95. The zero-order valence-corrected chi connectivity index (χ0v) is 22.7. The van der Waals surface area contributed by atoms with Gasteiger partial charge in [-0.3, -0.25) is 14.5 Å². The summed E-state index contributed by atoms with van der Waals surface area (Å²) in [5.74, 6) is 0.313. The normalized spacial score (nSPS) is 16.5. The number of carbonyl (C=O) groups excluding carboxylic acids is 2. The lowest BCUT2D eigenvalue weighted by Gasteiger charge is -2.37. The number of amides is 2. The molecule has 1 aliphatic heterocycles. The summed E-state index contributed by atoms with van der Waals surface area (Å²) in [6.45, 7) is 4.46. The van der Waals surface area contributed by atoms with E-state index in [4.69, 9.17) is 4.74 Å². The van der Waals surface area contributed by atoms with E-state index in [0.29, 0.717) is 22.6 Å². The minimum atomic E-state index is -0.241. The number of piperazine rings is 1. The summed E-state index contributed by atoms with van der Waals surface area (Å²) < 4.78 is 5.26. The molecule has 39 heavy (non-hydrogen) atoms. The second-order valence-corrected chi connectivity index (χ2v) is 10.5. The van der Waals surface area contributed by atoms with Crippen LogP contribution in [0.2, 0.25) is 0 Å². The molecule has 1 saturated heterocycles. The Morgan fingerprint density at radius 2 is 1.62 bits per heavy atom. The third kappa shape index (κ3) is 6.98. The number of rotatable bonds is 8. The second-order valence-electron chi connectivity index (χ2n) is 10.5. The monoisotopic (exact) mass is 526 g/mol. The summed E-state index contributed by atoms with van der Waals surface area (Å²) in [5, 5.41) is 6.25. The van der Waals surface area contributed by atoms with Crippen molar-refractivity contribution in [3.05, 3.63) is 89.5 Å². The molecule has 0 atom stereocenters. The van der Waals surface area contributed by atoms with Gasteiger partial charge in [-0.15, -0.1) is 0 Å². The average molecular weight is 527 g/mol. The highest BCUT2D eigenvalue weighted by molar-refractivity contribution is 6.06. The van der Waals surface area contributed by atoms with Crippen LogP contribution in [-0.2, 0) is 6.54 Å². The van der Waals surface area contributed by atoms with E-state index < -0.39 is 0 Å². The van der Waals surface area contributed by atoms with E-state index in [1.54, 1.807) is 31.4 Å². The predicted octanol–water partition coefficient (Wildman–Crippen LogP) is 5.33. The minimum absolute atomic E-state index is 0.0684. The third-order valence-electron chi connectivity index (χ3n) is 7.73. The quantitative estimate of drug-likeness (QED) is 0.415. The maximum absolute atomic E-state index is 13.6. The maximum atomic E-state index is 13.6. The highest BCUT2D eigenvalue weighted by Crippen LogP contribution is 2.28. The van der Waals surface area contributed by atoms with Crippen LogP contribution in [0.4, 0.5) is 11.4 Å². The van der Waals surface area contributed by atoms with E-state index in [-0.39, 0.29) is 17.9 Å². The van der Waals surface area contributed by atoms with Gasteiger partial charge >= 0.3 is 0 Å². The number of benzene rings is 3. The van der Waals surface area contributed by atoms with Crippen molar-refractivity contribution in [2.45, 2.75) is 44.7 Å². The summed E-state index contributed by atoms with van der Waals surface area (Å²) in [4.78, 5) is 31.3. The third-order valence-corrected chi connectivity index (χ3v) is 7.73. The van der Waals surface area contributed by atoms with Gasteiger partial charge in [0.05, 0.1) is 12.7 Å². The number of hydrogen-bond donors (Lipinski definition) is 2. The number of nitrogens with one attached hydrogen (secondary N) is 2. The van der Waals surface area contributed by atoms with E-state index in [9.17, 15) is 9.59 Å². The van der Waals surface area contributed by atoms with Crippen LogP contribution in [0, 0.1) is 0 Å². The van der Waals surface area contributed by atoms with Crippen LogP contribution in [0.3, 0.4) is 0 Å². The molecule has 1 saturated carbocycles. The zero-order chi connectivity index (χ0) is 27.0. The van der Waals surface area contributed by atoms with Crippen molar-refractivity contribution in [3.8, 4) is 5.75 Å². The van der Waals surface area contributed by atoms with Gasteiger partial charge in [0.25, 0.3) is 11.8 Å². The SMILES string of the molecule is COc1cccc(C(=O)Nc2ccc(N3CCN(Cc4ccccc4)CC3)c(C(=O)NC3CCCCC3)c2)c1. The van der Waals surface area contributed by atoms with Crippen LogP contribution in [0.1, 0.15) is 58.4 Å². The molecule has 7 heteroatoms. The Balaban J connectivity index is 1.33. The van der Waals surface area contributed by atoms with Crippen LogP contribution in [-0.4, -0.2) is 56.0 Å². The molecule has 2 N–H and O–H groups in total. The zero-order valence-electron chi connectivity index (χ0n) is 22.7. The van der Waals surface area contributed by atoms with Gasteiger partial charge in [-0.25, -0.2) is 0 Å². The van der Waals surface area contributed by atoms with Gasteiger partial charge in [0.2, 0.25) is 0 Å². The van der Waals surface area contributed by atoms with Gasteiger partial charge in [-0.05, 0) is 54.8 Å². The van der Waals surface area contributed by atoms with Crippen molar-refractivity contribution in [2.24, 2.45) is 0 Å². The van der Waals surface area contributed by atoms with E-state index in [1.807, 2.05) is 24.3 Å². The highest BCUT2D eigenvalue weighted by atomic mass is 16.5. The number of anilines is 2. The van der Waals surface area contributed by atoms with E-state index >= 15 is 0 Å². The lowest BCUT2D eigenvalue weighted by Crippen LogP contribution is -2.46. The van der Waals surface area contributed by atoms with Gasteiger partial charge < -0.3 is 20.3 Å². The summed E-state index contributed by atoms with van der Waals surface area (Å²) in [5.41, 5.74) is 3.95. The van der Waals surface area contributed by atoms with Gasteiger partial charge in [-0.2, -0.15) is 0 Å². The molecule has 5 rings (SSSR count). The Morgan fingerprint density at radius 1 is 0.846 bits per heavy atom. The molecule has 2 fully saturated rings. The number of carbonyl (C=O) groups is 2. The second kappa shape index (κ2) is 12.8. The van der Waals surface area contributed by atoms with Crippen LogP contribution >= 0.6 is 0 Å². The molecule has 0 radical (unpaired) electrons. The molecule has 7 nitrogen and oxygen atoms in total. The molecule has 3 aromatic carbocycles. The Kier molecular flexibility index (Phi) is 8.78. The molecule has 0 unspecified atom stereocenters. The molecular weight excluding hydrogens is 488 g/mol. The molecule has 0 bridgehead atoms. The summed E-state index contributed by atoms with van der Waals surface area (Å²) in [6.07, 6.45) is 5.57. The van der Waals surface area contributed by atoms with Crippen molar-refractivity contribution < 1.29 is 14.3 Å². The van der Waals surface area contributed by atoms with Crippen LogP contribution < -0.4 is 20.3 Å². The smallest absolute Gasteiger partial charge is 0.255 e. The Hall–Kier alpha value is -3.84. The maximum Gasteiger partial charge on any atom is 0.255 e. The van der Waals surface area contributed by atoms with Crippen LogP contribution in [0.25, 0.3) is 0 Å². The van der Waals surface area contributed by atoms with Gasteiger partial charge in [0, 0.05) is 55.7 Å². The fourth-order valence-electron chi connectivity index (χ4n) is 5.54. The van der Waals surface area contributed by atoms with Gasteiger partial charge in [0.1, 0.15) is 5.75 Å². The van der Waals surface area contributed by atoms with E-state index in [0.717, 1.165) is 64.1 Å². The average Bonchev–Trinajstić information content (AvgIpc) is 2.98. The first kappa shape index (κ1) is 26.8. The Labute approximate surface area is 231 Å². The first-order chi connectivity index (χ1) is 19.1. The molecule has 2 aliphatic rings. The first-order valence-electron chi connectivity index (χ1n) is 14.0. The topological polar surface area (TPSA) is 73.9 Å². The van der Waals surface area contributed by atoms with Gasteiger partial charge in [0.15, 0.2) is 0 Å². The number of methoxy groups -OCH3 is 1. The molecule has 204 valence electrons. The van der Waals surface area contributed by atoms with Crippen molar-refractivity contribution >= 4 is 23.2 Å². The summed E-state index contributed by atoms with van der Waals surface area (Å²) in [7, 11) is 1.58. The molecular formula is C32H38N4O3. The molecule has 1 aliphatic carbocycles. The fraction of sp³-hybridized carbons (Fsp3) is 0.375. The fourth-order valence-corrected chi connectivity index (χ4v) is 5.54. The molecule has 1 heterocycles. The van der Waals surface area contributed by atoms with Crippen molar-refractivity contribution in [1.82, 2.24) is 10.2 Å². The standard InChI is InChI=1S/C32H38N4O3/c1-39-28-14-8-11-25(21-28)31(37)34-27-15-16-30(29(22-27)32(38)33-26-12-6-3-7-13-26)36-19-17-35(18-20-36)23-24-9-4-2-5-10-24/h2,4-5,8-11,14-16,21-22,26H,3,6-7,12-13,17-20,23H2,1H3,(H,33,38)(H,34,37). The van der Waals surface area contributed by atoms with Crippen LogP contribution in [0.5, 0.6) is 5.75 Å². The largest absolute Gasteiger partial charge is 0.497 e. The predicted molar refractivity (Wildman–Crippen MR) is 156 cm³/mol. The molecule has 0 spiro atoms. The lowest BCUT2D eigenvalue weighted by molar-refractivity contribution is 0.0927. The van der Waals surface area contributed by atoms with Crippen LogP contribution in [0.15, 0.2) is 72.8 Å². The van der Waals surface area contributed by atoms with E-state index in [1.165, 1.54) is 12.0 Å². The minimum Gasteiger partial charge on any atom is -0.497 e. The summed E-state index contributed by atoms with van der Waals surface area (Å²) in [6, 6.07) is 23.5. The highest BCUT2D eigenvalue weighted by Gasteiger charge is 2.24. The molecule has 3 aromatic rings. The Morgan fingerprint density at radius 3 is 2.36 bits per heavy atom. The van der Waals surface area contributed by atoms with Gasteiger partial charge in [-0.1, -0.05) is 55.7 Å².